The van der Waals surface area contributed by atoms with Crippen molar-refractivity contribution in [3.8, 4) is 11.9 Å². The van der Waals surface area contributed by atoms with Crippen LogP contribution in [0, 0.1) is 18.4 Å². The molecule has 1 fully saturated rings. The molecule has 0 aliphatic carbocycles. The van der Waals surface area contributed by atoms with E-state index in [1.54, 1.807) is 12.1 Å². The summed E-state index contributed by atoms with van der Waals surface area (Å²) in [4.78, 5) is 19.9. The first-order valence-electron chi connectivity index (χ1n) is 12.8. The van der Waals surface area contributed by atoms with Crippen LogP contribution in [0.2, 0.25) is 5.02 Å². The molecular formula is C27H30ClF2N7O2. The third-order valence-electron chi connectivity index (χ3n) is 6.52. The molecule has 2 atom stereocenters. The molecule has 12 heteroatoms. The Hall–Kier alpha value is -3.75. The maximum Gasteiger partial charge on any atom is 0.387 e. The minimum atomic E-state index is -2.98. The number of aliphatic imine (C=N–C) groups is 1. The molecule has 0 bridgehead atoms. The molecular weight excluding hydrogens is 528 g/mol. The maximum atomic E-state index is 13.6. The van der Waals surface area contributed by atoms with Gasteiger partial charge in [-0.25, -0.2) is 10.0 Å². The summed E-state index contributed by atoms with van der Waals surface area (Å²) in [5.74, 6) is 0.0231. The molecule has 1 amide bonds. The molecule has 2 aliphatic rings. The molecule has 9 nitrogen and oxygen atoms in total. The van der Waals surface area contributed by atoms with Crippen LogP contribution in [0.1, 0.15) is 37.3 Å². The molecule has 1 unspecified atom stereocenters. The number of hydrazone groups is 1. The summed E-state index contributed by atoms with van der Waals surface area (Å²) < 4.78 is 29.9. The van der Waals surface area contributed by atoms with Gasteiger partial charge in [-0.2, -0.15) is 19.1 Å². The number of carbonyl (C=O) groups excluding carboxylic acids is 1. The van der Waals surface area contributed by atoms with Gasteiger partial charge in [-0.15, -0.1) is 0 Å². The van der Waals surface area contributed by atoms with Gasteiger partial charge in [0.25, 0.3) is 0 Å². The number of hydrogen-bond donors (Lipinski definition) is 2. The lowest BCUT2D eigenvalue weighted by molar-refractivity contribution is -0.134. The van der Waals surface area contributed by atoms with Crippen LogP contribution in [0.15, 0.2) is 52.6 Å². The molecule has 39 heavy (non-hydrogen) atoms. The quantitative estimate of drug-likeness (QED) is 0.216. The van der Waals surface area contributed by atoms with Gasteiger partial charge in [0, 0.05) is 23.2 Å². The predicted octanol–water partition coefficient (Wildman–Crippen LogP) is 4.39. The van der Waals surface area contributed by atoms with Crippen molar-refractivity contribution in [3.05, 3.63) is 58.6 Å². The minimum Gasteiger partial charge on any atom is -0.435 e. The highest BCUT2D eigenvalue weighted by Crippen LogP contribution is 2.26. The second-order valence-electron chi connectivity index (χ2n) is 9.28. The average Bonchev–Trinajstić information content (AvgIpc) is 3.59. The van der Waals surface area contributed by atoms with Gasteiger partial charge in [-0.1, -0.05) is 30.7 Å². The van der Waals surface area contributed by atoms with Crippen LogP contribution in [-0.2, 0) is 4.79 Å². The number of aryl methyl sites for hydroxylation is 1. The van der Waals surface area contributed by atoms with Crippen molar-refractivity contribution >= 4 is 34.9 Å². The van der Waals surface area contributed by atoms with Crippen molar-refractivity contribution in [1.29, 1.82) is 5.26 Å². The van der Waals surface area contributed by atoms with Crippen molar-refractivity contribution in [3.63, 3.8) is 0 Å². The second-order valence-corrected chi connectivity index (χ2v) is 9.68. The molecule has 2 aromatic rings. The van der Waals surface area contributed by atoms with Gasteiger partial charge >= 0.3 is 6.61 Å². The normalized spacial score (nSPS) is 19.2. The Balaban J connectivity index is 1.74. The number of benzene rings is 2. The highest BCUT2D eigenvalue weighted by atomic mass is 35.5. The lowest BCUT2D eigenvalue weighted by Gasteiger charge is -2.32. The fourth-order valence-corrected chi connectivity index (χ4v) is 4.85. The minimum absolute atomic E-state index is 0.00293. The van der Waals surface area contributed by atoms with Crippen LogP contribution in [0.5, 0.6) is 5.75 Å². The zero-order valence-corrected chi connectivity index (χ0v) is 22.5. The van der Waals surface area contributed by atoms with Crippen molar-refractivity contribution in [1.82, 2.24) is 20.5 Å². The third-order valence-corrected chi connectivity index (χ3v) is 6.94. The molecule has 2 heterocycles. The van der Waals surface area contributed by atoms with Crippen LogP contribution in [0.4, 0.5) is 14.5 Å². The average molecular weight is 558 g/mol. The first kappa shape index (κ1) is 28.3. The van der Waals surface area contributed by atoms with E-state index in [-0.39, 0.29) is 35.9 Å². The molecule has 0 radical (unpaired) electrons. The number of nitriles is 1. The van der Waals surface area contributed by atoms with E-state index in [2.05, 4.69) is 20.4 Å². The van der Waals surface area contributed by atoms with Gasteiger partial charge in [0.2, 0.25) is 11.9 Å². The van der Waals surface area contributed by atoms with E-state index in [9.17, 15) is 18.8 Å². The lowest BCUT2D eigenvalue weighted by atomic mass is 9.99. The van der Waals surface area contributed by atoms with E-state index in [4.69, 9.17) is 16.7 Å². The number of guanidine groups is 1. The SMILES string of the molecule is CCCN(C(=O)[C@H]1CCCN1)C1CN(C(=Nc2cccc(OC(F)F)c2)NC#N)N=C1c1ccc(Cl)c(C)c1. The predicted molar refractivity (Wildman–Crippen MR) is 145 cm³/mol. The Morgan fingerprint density at radius 3 is 2.87 bits per heavy atom. The van der Waals surface area contributed by atoms with Gasteiger partial charge in [0.1, 0.15) is 5.75 Å². The number of halogens is 3. The van der Waals surface area contributed by atoms with Gasteiger partial charge in [0.05, 0.1) is 30.0 Å². The number of nitrogens with one attached hydrogen (secondary N) is 2. The van der Waals surface area contributed by atoms with E-state index < -0.39 is 12.7 Å². The summed E-state index contributed by atoms with van der Waals surface area (Å²) in [6.07, 6.45) is 4.31. The summed E-state index contributed by atoms with van der Waals surface area (Å²) in [5.41, 5.74) is 2.57. The summed E-state index contributed by atoms with van der Waals surface area (Å²) in [7, 11) is 0. The Labute approximate surface area is 231 Å². The largest absolute Gasteiger partial charge is 0.435 e. The first-order chi connectivity index (χ1) is 18.8. The number of ether oxygens (including phenoxy) is 1. The molecule has 4 rings (SSSR count). The third kappa shape index (κ3) is 6.82. The number of nitrogens with zero attached hydrogens (tertiary/aromatic N) is 5. The fraction of sp³-hybridized carbons (Fsp3) is 0.407. The molecule has 2 aromatic carbocycles. The summed E-state index contributed by atoms with van der Waals surface area (Å²) in [5, 5.41) is 22.2. The number of hydrogen-bond acceptors (Lipinski definition) is 6. The fourth-order valence-electron chi connectivity index (χ4n) is 4.73. The van der Waals surface area contributed by atoms with E-state index in [0.717, 1.165) is 36.9 Å². The van der Waals surface area contributed by atoms with Crippen LogP contribution < -0.4 is 15.4 Å². The van der Waals surface area contributed by atoms with Gasteiger partial charge in [0.15, 0.2) is 6.19 Å². The summed E-state index contributed by atoms with van der Waals surface area (Å²) in [6, 6.07) is 10.7. The molecule has 0 spiro atoms. The first-order valence-corrected chi connectivity index (χ1v) is 13.1. The number of rotatable bonds is 8. The smallest absolute Gasteiger partial charge is 0.387 e. The molecule has 0 aromatic heterocycles. The number of carbonyl (C=O) groups is 1. The van der Waals surface area contributed by atoms with Gasteiger partial charge < -0.3 is 15.0 Å². The van der Waals surface area contributed by atoms with Crippen LogP contribution in [-0.4, -0.2) is 65.8 Å². The second kappa shape index (κ2) is 12.9. The molecule has 0 saturated carbocycles. The summed E-state index contributed by atoms with van der Waals surface area (Å²) in [6.45, 7) is 2.47. The van der Waals surface area contributed by atoms with Crippen LogP contribution >= 0.6 is 11.6 Å². The molecule has 2 N–H and O–H groups in total. The molecule has 2 aliphatic heterocycles. The van der Waals surface area contributed by atoms with Crippen molar-refractivity contribution in [2.24, 2.45) is 10.1 Å². The van der Waals surface area contributed by atoms with E-state index >= 15 is 0 Å². The van der Waals surface area contributed by atoms with E-state index in [1.165, 1.54) is 23.2 Å². The van der Waals surface area contributed by atoms with E-state index in [0.29, 0.717) is 17.3 Å². The number of amides is 1. The van der Waals surface area contributed by atoms with E-state index in [1.807, 2.05) is 37.1 Å². The van der Waals surface area contributed by atoms with Crippen molar-refractivity contribution in [2.75, 3.05) is 19.6 Å². The van der Waals surface area contributed by atoms with Gasteiger partial charge in [-0.3, -0.25) is 10.1 Å². The monoisotopic (exact) mass is 557 g/mol. The summed E-state index contributed by atoms with van der Waals surface area (Å²) >= 11 is 6.28. The number of alkyl halides is 2. The van der Waals surface area contributed by atoms with Crippen molar-refractivity contribution in [2.45, 2.75) is 51.8 Å². The highest BCUT2D eigenvalue weighted by molar-refractivity contribution is 6.31. The molecule has 1 saturated heterocycles. The maximum absolute atomic E-state index is 13.6. The molecule has 206 valence electrons. The Bertz CT molecular complexity index is 1290. The topological polar surface area (TPSA) is 105 Å². The van der Waals surface area contributed by atoms with Crippen molar-refractivity contribution < 1.29 is 18.3 Å². The highest BCUT2D eigenvalue weighted by Gasteiger charge is 2.39. The Morgan fingerprint density at radius 2 is 2.21 bits per heavy atom. The van der Waals surface area contributed by atoms with Crippen LogP contribution in [0.3, 0.4) is 0 Å². The van der Waals surface area contributed by atoms with Gasteiger partial charge in [-0.05, 0) is 62.6 Å². The Kier molecular flexibility index (Phi) is 9.32. The van der Waals surface area contributed by atoms with Crippen LogP contribution in [0.25, 0.3) is 0 Å². The zero-order valence-electron chi connectivity index (χ0n) is 21.7. The standard InChI is InChI=1S/C27H30ClF2N7O2/c1-3-12-36(25(38)22-8-5-11-32-22)23-15-37(35-24(23)18-9-10-21(28)17(2)13-18)27(33-16-31)34-19-6-4-7-20(14-19)39-26(29)30/h4,6-7,9-10,13-14,22-23,26,32H,3,5,8,11-12,15H2,1-2H3,(H,33,34)/t22-,23?/m1/s1. The zero-order chi connectivity index (χ0) is 27.9. The Morgan fingerprint density at radius 1 is 1.38 bits per heavy atom. The lowest BCUT2D eigenvalue weighted by Crippen LogP contribution is -2.53.